The van der Waals surface area contributed by atoms with Gasteiger partial charge in [-0.1, -0.05) is 42.5 Å². The Morgan fingerprint density at radius 2 is 1.84 bits per heavy atom. The zero-order valence-electron chi connectivity index (χ0n) is 17.7. The minimum Gasteiger partial charge on any atom is -0.497 e. The number of amides is 2. The predicted octanol–water partition coefficient (Wildman–Crippen LogP) is 4.12. The standard InChI is InChI=1S/C16H15NO2.C10H8N2O/c1-19-14-7-4-5-12(9-14)11-17-15-8-3-2-6-13(15)10-16(17)18;11-10(13)8-3-1-5-9-7(8)4-2-6-12-9/h2-9H,10-11H2,1H3;1-6H,(H2,11,13). The summed E-state index contributed by atoms with van der Waals surface area (Å²) >= 11 is 0. The van der Waals surface area contributed by atoms with Crippen molar-refractivity contribution >= 4 is 28.4 Å². The van der Waals surface area contributed by atoms with Crippen molar-refractivity contribution < 1.29 is 14.3 Å². The summed E-state index contributed by atoms with van der Waals surface area (Å²) < 4.78 is 5.21. The van der Waals surface area contributed by atoms with Crippen molar-refractivity contribution in [2.75, 3.05) is 12.0 Å². The number of nitrogens with zero attached hydrogens (tertiary/aromatic N) is 2. The molecule has 4 aromatic rings. The summed E-state index contributed by atoms with van der Waals surface area (Å²) in [5.74, 6) is 0.556. The number of carbonyl (C=O) groups excluding carboxylic acids is 2. The van der Waals surface area contributed by atoms with Crippen LogP contribution in [-0.4, -0.2) is 23.9 Å². The van der Waals surface area contributed by atoms with Crippen LogP contribution in [0.1, 0.15) is 21.5 Å². The molecule has 0 unspecified atom stereocenters. The van der Waals surface area contributed by atoms with Crippen molar-refractivity contribution in [2.45, 2.75) is 13.0 Å². The van der Waals surface area contributed by atoms with Gasteiger partial charge in [0.1, 0.15) is 5.75 Å². The Labute approximate surface area is 186 Å². The van der Waals surface area contributed by atoms with Crippen LogP contribution in [0.25, 0.3) is 10.9 Å². The van der Waals surface area contributed by atoms with Gasteiger partial charge in [0.15, 0.2) is 0 Å². The van der Waals surface area contributed by atoms with E-state index >= 15 is 0 Å². The first-order chi connectivity index (χ1) is 15.6. The van der Waals surface area contributed by atoms with Gasteiger partial charge in [-0.05, 0) is 47.5 Å². The Morgan fingerprint density at radius 1 is 1.03 bits per heavy atom. The van der Waals surface area contributed by atoms with Crippen molar-refractivity contribution in [2.24, 2.45) is 5.73 Å². The number of para-hydroxylation sites is 1. The quantitative estimate of drug-likeness (QED) is 0.533. The number of fused-ring (bicyclic) bond motifs is 2. The summed E-state index contributed by atoms with van der Waals surface area (Å²) in [5, 5.41) is 0.803. The number of hydrogen-bond donors (Lipinski definition) is 1. The van der Waals surface area contributed by atoms with Crippen LogP contribution in [0.3, 0.4) is 0 Å². The molecule has 3 aromatic carbocycles. The van der Waals surface area contributed by atoms with Gasteiger partial charge in [-0.3, -0.25) is 14.6 Å². The van der Waals surface area contributed by atoms with Gasteiger partial charge in [0.2, 0.25) is 11.8 Å². The number of anilines is 1. The van der Waals surface area contributed by atoms with Gasteiger partial charge in [0.05, 0.1) is 25.6 Å². The third-order valence-electron chi connectivity index (χ3n) is 5.31. The Hall–Kier alpha value is -4.19. The van der Waals surface area contributed by atoms with E-state index in [9.17, 15) is 9.59 Å². The molecule has 1 aliphatic rings. The Kier molecular flexibility index (Phi) is 6.12. The molecule has 32 heavy (non-hydrogen) atoms. The van der Waals surface area contributed by atoms with Crippen LogP contribution in [0.2, 0.25) is 0 Å². The first-order valence-electron chi connectivity index (χ1n) is 10.2. The van der Waals surface area contributed by atoms with Gasteiger partial charge in [0.25, 0.3) is 0 Å². The number of pyridine rings is 1. The molecule has 160 valence electrons. The molecule has 0 saturated heterocycles. The molecule has 0 bridgehead atoms. The van der Waals surface area contributed by atoms with Crippen LogP contribution in [0.4, 0.5) is 5.69 Å². The number of benzene rings is 3. The van der Waals surface area contributed by atoms with Crippen molar-refractivity contribution in [3.05, 3.63) is 102 Å². The largest absolute Gasteiger partial charge is 0.497 e. The average Bonchev–Trinajstić information content (AvgIpc) is 3.14. The number of nitrogens with two attached hydrogens (primary N) is 1. The van der Waals surface area contributed by atoms with Crippen molar-refractivity contribution in [1.29, 1.82) is 0 Å². The second-order valence-corrected chi connectivity index (χ2v) is 7.38. The highest BCUT2D eigenvalue weighted by Crippen LogP contribution is 2.30. The van der Waals surface area contributed by atoms with Gasteiger partial charge in [-0.25, -0.2) is 0 Å². The highest BCUT2D eigenvalue weighted by molar-refractivity contribution is 6.05. The molecule has 1 aromatic heterocycles. The van der Waals surface area contributed by atoms with Crippen LogP contribution in [0.5, 0.6) is 5.75 Å². The number of rotatable bonds is 4. The lowest BCUT2D eigenvalue weighted by Gasteiger charge is -2.17. The molecule has 0 radical (unpaired) electrons. The van der Waals surface area contributed by atoms with Gasteiger partial charge >= 0.3 is 0 Å². The third kappa shape index (κ3) is 4.44. The van der Waals surface area contributed by atoms with Crippen LogP contribution in [0, 0.1) is 0 Å². The van der Waals surface area contributed by atoms with E-state index in [2.05, 4.69) is 4.98 Å². The first kappa shape index (κ1) is 21.1. The number of methoxy groups -OCH3 is 1. The molecule has 2 N–H and O–H groups in total. The molecule has 0 saturated carbocycles. The molecule has 6 heteroatoms. The minimum atomic E-state index is -0.418. The monoisotopic (exact) mass is 425 g/mol. The number of aromatic nitrogens is 1. The molecular weight excluding hydrogens is 402 g/mol. The number of carbonyl (C=O) groups is 2. The van der Waals surface area contributed by atoms with Crippen LogP contribution < -0.4 is 15.4 Å². The van der Waals surface area contributed by atoms with E-state index in [1.807, 2.05) is 65.6 Å². The van der Waals surface area contributed by atoms with Gasteiger partial charge in [-0.2, -0.15) is 0 Å². The summed E-state index contributed by atoms with van der Waals surface area (Å²) in [6, 6.07) is 24.7. The number of hydrogen-bond acceptors (Lipinski definition) is 4. The lowest BCUT2D eigenvalue weighted by atomic mass is 10.1. The number of primary amides is 1. The Bertz CT molecular complexity index is 1280. The van der Waals surface area contributed by atoms with Crippen molar-refractivity contribution in [3.63, 3.8) is 0 Å². The molecule has 5 rings (SSSR count). The van der Waals surface area contributed by atoms with Gasteiger partial charge in [-0.15, -0.1) is 0 Å². The smallest absolute Gasteiger partial charge is 0.249 e. The zero-order chi connectivity index (χ0) is 22.5. The van der Waals surface area contributed by atoms with Crippen molar-refractivity contribution in [3.8, 4) is 5.75 Å². The summed E-state index contributed by atoms with van der Waals surface area (Å²) in [7, 11) is 1.65. The van der Waals surface area contributed by atoms with E-state index in [0.717, 1.165) is 33.5 Å². The predicted molar refractivity (Wildman–Crippen MR) is 125 cm³/mol. The zero-order valence-corrected chi connectivity index (χ0v) is 17.7. The maximum Gasteiger partial charge on any atom is 0.249 e. The maximum absolute atomic E-state index is 12.1. The summed E-state index contributed by atoms with van der Waals surface area (Å²) in [5.41, 5.74) is 9.73. The topological polar surface area (TPSA) is 85.5 Å². The summed E-state index contributed by atoms with van der Waals surface area (Å²) in [6.45, 7) is 0.590. The van der Waals surface area contributed by atoms with Crippen molar-refractivity contribution in [1.82, 2.24) is 4.98 Å². The molecule has 0 spiro atoms. The lowest BCUT2D eigenvalue weighted by molar-refractivity contribution is -0.117. The SMILES string of the molecule is COc1cccc(CN2C(=O)Cc3ccccc32)c1.NC(=O)c1cccc2ncccc12. The van der Waals surface area contributed by atoms with Crippen LogP contribution in [0.15, 0.2) is 85.1 Å². The fourth-order valence-corrected chi connectivity index (χ4v) is 3.76. The fraction of sp³-hybridized carbons (Fsp3) is 0.115. The molecule has 0 fully saturated rings. The van der Waals surface area contributed by atoms with E-state index < -0.39 is 5.91 Å². The van der Waals surface area contributed by atoms with E-state index in [1.54, 1.807) is 31.5 Å². The Morgan fingerprint density at radius 3 is 2.66 bits per heavy atom. The normalized spacial score (nSPS) is 12.2. The molecule has 0 aliphatic carbocycles. The average molecular weight is 425 g/mol. The van der Waals surface area contributed by atoms with Crippen LogP contribution >= 0.6 is 0 Å². The second-order valence-electron chi connectivity index (χ2n) is 7.38. The van der Waals surface area contributed by atoms with Crippen LogP contribution in [-0.2, 0) is 17.8 Å². The number of ether oxygens (including phenoxy) is 1. The molecule has 2 heterocycles. The molecular formula is C26H23N3O3. The molecule has 1 aliphatic heterocycles. The van der Waals surface area contributed by atoms with Gasteiger partial charge in [0, 0.05) is 22.8 Å². The molecule has 2 amide bonds. The maximum atomic E-state index is 12.1. The lowest BCUT2D eigenvalue weighted by Crippen LogP contribution is -2.25. The summed E-state index contributed by atoms with van der Waals surface area (Å²) in [4.78, 5) is 29.0. The van der Waals surface area contributed by atoms with Gasteiger partial charge < -0.3 is 15.4 Å². The van der Waals surface area contributed by atoms with E-state index in [-0.39, 0.29) is 5.91 Å². The summed E-state index contributed by atoms with van der Waals surface area (Å²) in [6.07, 6.45) is 2.19. The minimum absolute atomic E-state index is 0.156. The van der Waals surface area contributed by atoms with E-state index in [4.69, 9.17) is 10.5 Å². The first-order valence-corrected chi connectivity index (χ1v) is 10.2. The highest BCUT2D eigenvalue weighted by Gasteiger charge is 2.26. The van der Waals surface area contributed by atoms with E-state index in [1.165, 1.54) is 0 Å². The molecule has 0 atom stereocenters. The highest BCUT2D eigenvalue weighted by atomic mass is 16.5. The van der Waals surface area contributed by atoms with E-state index in [0.29, 0.717) is 18.5 Å². The third-order valence-corrected chi connectivity index (χ3v) is 5.31. The second kappa shape index (κ2) is 9.31. The Balaban J connectivity index is 0.000000165. The fourth-order valence-electron chi connectivity index (χ4n) is 3.76. The molecule has 6 nitrogen and oxygen atoms in total.